The van der Waals surface area contributed by atoms with Crippen LogP contribution < -0.4 is 11.1 Å². The second kappa shape index (κ2) is 7.56. The van der Waals surface area contributed by atoms with Crippen LogP contribution in [0.1, 0.15) is 30.9 Å². The summed E-state index contributed by atoms with van der Waals surface area (Å²) in [5, 5.41) is 3.02. The van der Waals surface area contributed by atoms with E-state index in [-0.39, 0.29) is 11.9 Å². The summed E-state index contributed by atoms with van der Waals surface area (Å²) in [5.74, 6) is 3.17. The highest BCUT2D eigenvalue weighted by Crippen LogP contribution is 2.22. The third-order valence-electron chi connectivity index (χ3n) is 3.56. The lowest BCUT2D eigenvalue weighted by Crippen LogP contribution is -2.32. The van der Waals surface area contributed by atoms with Gasteiger partial charge in [0.05, 0.1) is 0 Å². The zero-order valence-corrected chi connectivity index (χ0v) is 12.0. The van der Waals surface area contributed by atoms with Gasteiger partial charge in [0.15, 0.2) is 0 Å². The molecule has 1 aromatic rings. The highest BCUT2D eigenvalue weighted by atomic mass is 32.2. The van der Waals surface area contributed by atoms with Crippen LogP contribution in [0, 0.1) is 5.92 Å². The molecule has 19 heavy (non-hydrogen) atoms. The summed E-state index contributed by atoms with van der Waals surface area (Å²) in [6.45, 7) is 0.806. The van der Waals surface area contributed by atoms with Gasteiger partial charge in [0.1, 0.15) is 0 Å². The average molecular weight is 278 g/mol. The Labute approximate surface area is 119 Å². The lowest BCUT2D eigenvalue weighted by Gasteiger charge is -2.22. The molecule has 0 bridgehead atoms. The van der Waals surface area contributed by atoms with E-state index in [1.807, 2.05) is 42.1 Å². The Morgan fingerprint density at radius 3 is 2.68 bits per heavy atom. The fraction of sp³-hybridized carbons (Fsp3) is 0.533. The first-order chi connectivity index (χ1) is 9.25. The molecular formula is C15H22N2OS. The van der Waals surface area contributed by atoms with Gasteiger partial charge in [0, 0.05) is 19.0 Å². The first kappa shape index (κ1) is 14.4. The third kappa shape index (κ3) is 4.88. The number of benzene rings is 1. The number of hydrogen-bond acceptors (Lipinski definition) is 3. The molecule has 3 nitrogen and oxygen atoms in total. The molecule has 0 aliphatic carbocycles. The van der Waals surface area contributed by atoms with Gasteiger partial charge in [-0.2, -0.15) is 11.8 Å². The minimum atomic E-state index is -0.205. The molecule has 0 aromatic heterocycles. The van der Waals surface area contributed by atoms with E-state index in [0.29, 0.717) is 12.3 Å². The van der Waals surface area contributed by atoms with Crippen molar-refractivity contribution in [2.45, 2.75) is 25.3 Å². The zero-order valence-electron chi connectivity index (χ0n) is 11.2. The van der Waals surface area contributed by atoms with Crippen molar-refractivity contribution in [3.05, 3.63) is 35.9 Å². The second-order valence-corrected chi connectivity index (χ2v) is 6.31. The quantitative estimate of drug-likeness (QED) is 0.869. The molecule has 2 rings (SSSR count). The van der Waals surface area contributed by atoms with Gasteiger partial charge in [-0.25, -0.2) is 0 Å². The van der Waals surface area contributed by atoms with Crippen molar-refractivity contribution >= 4 is 17.7 Å². The molecule has 1 atom stereocenters. The molecule has 1 amide bonds. The van der Waals surface area contributed by atoms with Crippen LogP contribution in [-0.4, -0.2) is 24.0 Å². The zero-order chi connectivity index (χ0) is 13.5. The van der Waals surface area contributed by atoms with Gasteiger partial charge in [-0.05, 0) is 35.8 Å². The number of thioether (sulfide) groups is 1. The lowest BCUT2D eigenvalue weighted by molar-refractivity contribution is -0.121. The van der Waals surface area contributed by atoms with E-state index in [2.05, 4.69) is 5.32 Å². The fourth-order valence-electron chi connectivity index (χ4n) is 2.30. The molecular weight excluding hydrogens is 256 g/mol. The summed E-state index contributed by atoms with van der Waals surface area (Å²) in [5.41, 5.74) is 7.06. The molecule has 1 aliphatic rings. The average Bonchev–Trinajstić information content (AvgIpc) is 2.47. The van der Waals surface area contributed by atoms with Gasteiger partial charge >= 0.3 is 0 Å². The van der Waals surface area contributed by atoms with E-state index in [1.165, 1.54) is 24.3 Å². The summed E-state index contributed by atoms with van der Waals surface area (Å²) < 4.78 is 0. The van der Waals surface area contributed by atoms with Crippen LogP contribution in [0.25, 0.3) is 0 Å². The van der Waals surface area contributed by atoms with Gasteiger partial charge in [-0.1, -0.05) is 30.3 Å². The Bertz CT molecular complexity index is 390. The van der Waals surface area contributed by atoms with Gasteiger partial charge in [0.25, 0.3) is 0 Å². The van der Waals surface area contributed by atoms with Crippen molar-refractivity contribution < 1.29 is 4.79 Å². The van der Waals surface area contributed by atoms with Gasteiger partial charge in [0.2, 0.25) is 5.91 Å². The SMILES string of the molecule is NC(CC(=O)NCC1CCSCC1)c1ccccc1. The van der Waals surface area contributed by atoms with Crippen LogP contribution in [0.15, 0.2) is 30.3 Å². The smallest absolute Gasteiger partial charge is 0.221 e. The van der Waals surface area contributed by atoms with Crippen molar-refractivity contribution in [1.29, 1.82) is 0 Å². The second-order valence-electron chi connectivity index (χ2n) is 5.08. The van der Waals surface area contributed by atoms with Crippen LogP contribution in [0.2, 0.25) is 0 Å². The molecule has 0 spiro atoms. The predicted octanol–water partition coefficient (Wildman–Crippen LogP) is 2.34. The molecule has 1 fully saturated rings. The lowest BCUT2D eigenvalue weighted by atomic mass is 10.0. The number of carbonyl (C=O) groups excluding carboxylic acids is 1. The number of carbonyl (C=O) groups is 1. The Kier molecular flexibility index (Phi) is 5.73. The van der Waals surface area contributed by atoms with Gasteiger partial charge in [-0.3, -0.25) is 4.79 Å². The monoisotopic (exact) mass is 278 g/mol. The van der Waals surface area contributed by atoms with Crippen LogP contribution in [0.5, 0.6) is 0 Å². The molecule has 1 heterocycles. The number of nitrogens with one attached hydrogen (secondary N) is 1. The van der Waals surface area contributed by atoms with Crippen LogP contribution in [0.3, 0.4) is 0 Å². The molecule has 1 aromatic carbocycles. The Balaban J connectivity index is 1.71. The van der Waals surface area contributed by atoms with Crippen LogP contribution in [0.4, 0.5) is 0 Å². The van der Waals surface area contributed by atoms with Crippen LogP contribution in [-0.2, 0) is 4.79 Å². The number of hydrogen-bond donors (Lipinski definition) is 2. The van der Waals surface area contributed by atoms with Gasteiger partial charge in [-0.15, -0.1) is 0 Å². The topological polar surface area (TPSA) is 55.1 Å². The minimum absolute atomic E-state index is 0.0644. The summed E-state index contributed by atoms with van der Waals surface area (Å²) in [6.07, 6.45) is 2.80. The molecule has 0 radical (unpaired) electrons. The maximum Gasteiger partial charge on any atom is 0.221 e. The molecule has 1 saturated heterocycles. The maximum atomic E-state index is 11.9. The molecule has 104 valence electrons. The van der Waals surface area contributed by atoms with Crippen molar-refractivity contribution in [3.8, 4) is 0 Å². The van der Waals surface area contributed by atoms with Crippen LogP contribution >= 0.6 is 11.8 Å². The van der Waals surface area contributed by atoms with E-state index in [1.54, 1.807) is 0 Å². The molecule has 0 saturated carbocycles. The minimum Gasteiger partial charge on any atom is -0.356 e. The Morgan fingerprint density at radius 2 is 2.00 bits per heavy atom. The Morgan fingerprint density at radius 1 is 1.32 bits per heavy atom. The maximum absolute atomic E-state index is 11.9. The van der Waals surface area contributed by atoms with Crippen molar-refractivity contribution in [1.82, 2.24) is 5.32 Å². The van der Waals surface area contributed by atoms with E-state index >= 15 is 0 Å². The first-order valence-electron chi connectivity index (χ1n) is 6.90. The summed E-state index contributed by atoms with van der Waals surface area (Å²) in [6, 6.07) is 9.59. The standard InChI is InChI=1S/C15H22N2OS/c16-14(13-4-2-1-3-5-13)10-15(18)17-11-12-6-8-19-9-7-12/h1-5,12,14H,6-11,16H2,(H,17,18). The van der Waals surface area contributed by atoms with Crippen molar-refractivity contribution in [3.63, 3.8) is 0 Å². The predicted molar refractivity (Wildman–Crippen MR) is 81.0 cm³/mol. The van der Waals surface area contributed by atoms with Crippen molar-refractivity contribution in [2.24, 2.45) is 11.7 Å². The summed E-state index contributed by atoms with van der Waals surface area (Å²) in [7, 11) is 0. The largest absolute Gasteiger partial charge is 0.356 e. The Hall–Kier alpha value is -1.00. The van der Waals surface area contributed by atoms with Gasteiger partial charge < -0.3 is 11.1 Å². The highest BCUT2D eigenvalue weighted by molar-refractivity contribution is 7.99. The third-order valence-corrected chi connectivity index (χ3v) is 4.61. The molecule has 4 heteroatoms. The first-order valence-corrected chi connectivity index (χ1v) is 8.06. The molecule has 1 unspecified atom stereocenters. The van der Waals surface area contributed by atoms with E-state index < -0.39 is 0 Å². The molecule has 3 N–H and O–H groups in total. The van der Waals surface area contributed by atoms with Crippen molar-refractivity contribution in [2.75, 3.05) is 18.1 Å². The van der Waals surface area contributed by atoms with E-state index in [4.69, 9.17) is 5.73 Å². The summed E-state index contributed by atoms with van der Waals surface area (Å²) in [4.78, 5) is 11.9. The van der Waals surface area contributed by atoms with E-state index in [9.17, 15) is 4.79 Å². The summed E-state index contributed by atoms with van der Waals surface area (Å²) >= 11 is 2.01. The highest BCUT2D eigenvalue weighted by Gasteiger charge is 2.16. The number of amides is 1. The number of rotatable bonds is 5. The number of nitrogens with two attached hydrogens (primary N) is 1. The van der Waals surface area contributed by atoms with E-state index in [0.717, 1.165) is 12.1 Å². The fourth-order valence-corrected chi connectivity index (χ4v) is 3.50. The molecule has 1 aliphatic heterocycles. The normalized spacial score (nSPS) is 17.9.